The smallest absolute Gasteiger partial charge is 0.335 e. The molecule has 2 rings (SSSR count). The summed E-state index contributed by atoms with van der Waals surface area (Å²) in [6, 6.07) is 4.02. The minimum atomic E-state index is -0.742. The van der Waals surface area contributed by atoms with Crippen LogP contribution < -0.4 is 10.1 Å². The van der Waals surface area contributed by atoms with Crippen LogP contribution in [0, 0.1) is 12.4 Å². The van der Waals surface area contributed by atoms with Crippen molar-refractivity contribution in [3.8, 4) is 5.75 Å². The maximum absolute atomic E-state index is 13.6. The summed E-state index contributed by atoms with van der Waals surface area (Å²) in [4.78, 5) is 16.3. The Morgan fingerprint density at radius 1 is 1.38 bits per heavy atom. The molecule has 0 aliphatic carbocycles. The molecule has 138 valence electrons. The fraction of sp³-hybridized carbons (Fsp3) is 0.368. The van der Waals surface area contributed by atoms with Crippen LogP contribution in [0.4, 0.5) is 4.39 Å². The number of benzene rings is 1. The van der Waals surface area contributed by atoms with Gasteiger partial charge in [-0.3, -0.25) is 0 Å². The molecule has 26 heavy (non-hydrogen) atoms. The van der Waals surface area contributed by atoms with E-state index in [1.165, 1.54) is 32.4 Å². The summed E-state index contributed by atoms with van der Waals surface area (Å²) < 4.78 is 29.3. The Balaban J connectivity index is 2.74. The molecular weight excluding hydrogens is 339 g/mol. The number of allylic oxidation sites excluding steroid dienone is 2. The monoisotopic (exact) mass is 360 g/mol. The van der Waals surface area contributed by atoms with Gasteiger partial charge in [0.05, 0.1) is 44.1 Å². The Morgan fingerprint density at radius 2 is 2.12 bits per heavy atom. The molecule has 0 bridgehead atoms. The van der Waals surface area contributed by atoms with Gasteiger partial charge in [-0.1, -0.05) is 6.07 Å². The van der Waals surface area contributed by atoms with Gasteiger partial charge in [0.2, 0.25) is 0 Å². The lowest BCUT2D eigenvalue weighted by Crippen LogP contribution is -2.31. The molecule has 0 saturated heterocycles. The van der Waals surface area contributed by atoms with Crippen LogP contribution in [0.25, 0.3) is 4.85 Å². The van der Waals surface area contributed by atoms with Crippen molar-refractivity contribution in [1.82, 2.24) is 5.32 Å². The van der Waals surface area contributed by atoms with Gasteiger partial charge < -0.3 is 19.5 Å². The van der Waals surface area contributed by atoms with Gasteiger partial charge in [0.25, 0.3) is 0 Å². The van der Waals surface area contributed by atoms with E-state index >= 15 is 0 Å². The second kappa shape index (κ2) is 8.50. The molecule has 0 amide bonds. The van der Waals surface area contributed by atoms with Crippen LogP contribution in [-0.2, 0) is 14.3 Å². The Labute approximate surface area is 152 Å². The standard InChI is InChI=1S/C19H21FN2O4/c1-6-26-19(23)17-14(10-24-4)22-11(2)18(21-3)16(17)13-8-7-12(20)9-15(13)25-5/h7-9,16,22H,6,10H2,1-2,4-5H3. The van der Waals surface area contributed by atoms with Crippen LogP contribution in [0.1, 0.15) is 25.3 Å². The predicted octanol–water partition coefficient (Wildman–Crippen LogP) is 3.14. The predicted molar refractivity (Wildman–Crippen MR) is 93.7 cm³/mol. The van der Waals surface area contributed by atoms with Gasteiger partial charge in [0, 0.05) is 18.9 Å². The number of rotatable bonds is 6. The molecule has 1 atom stereocenters. The van der Waals surface area contributed by atoms with Crippen molar-refractivity contribution in [1.29, 1.82) is 0 Å². The summed E-state index contributed by atoms with van der Waals surface area (Å²) in [5, 5.41) is 3.06. The molecule has 7 heteroatoms. The highest BCUT2D eigenvalue weighted by Crippen LogP contribution is 2.43. The normalized spacial score (nSPS) is 16.8. The van der Waals surface area contributed by atoms with E-state index in [2.05, 4.69) is 10.2 Å². The average Bonchev–Trinajstić information content (AvgIpc) is 2.61. The molecule has 1 aliphatic heterocycles. The van der Waals surface area contributed by atoms with Crippen LogP contribution >= 0.6 is 0 Å². The van der Waals surface area contributed by atoms with Crippen LogP contribution in [0.5, 0.6) is 5.75 Å². The second-order valence-electron chi connectivity index (χ2n) is 5.61. The van der Waals surface area contributed by atoms with E-state index in [0.29, 0.717) is 22.7 Å². The summed E-state index contributed by atoms with van der Waals surface area (Å²) >= 11 is 0. The topological polar surface area (TPSA) is 61.2 Å². The van der Waals surface area contributed by atoms with E-state index in [-0.39, 0.29) is 24.5 Å². The van der Waals surface area contributed by atoms with E-state index in [4.69, 9.17) is 20.8 Å². The largest absolute Gasteiger partial charge is 0.496 e. The Kier molecular flexibility index (Phi) is 6.36. The van der Waals surface area contributed by atoms with Crippen molar-refractivity contribution in [3.05, 3.63) is 63.7 Å². The maximum atomic E-state index is 13.6. The summed E-state index contributed by atoms with van der Waals surface area (Å²) in [5.74, 6) is -1.52. The van der Waals surface area contributed by atoms with Crippen molar-refractivity contribution in [2.45, 2.75) is 19.8 Å². The molecule has 0 fully saturated rings. The van der Waals surface area contributed by atoms with E-state index in [9.17, 15) is 9.18 Å². The average molecular weight is 360 g/mol. The molecule has 0 saturated carbocycles. The van der Waals surface area contributed by atoms with Gasteiger partial charge in [-0.2, -0.15) is 0 Å². The number of ether oxygens (including phenoxy) is 3. The third-order valence-electron chi connectivity index (χ3n) is 4.02. The summed E-state index contributed by atoms with van der Waals surface area (Å²) in [6.45, 7) is 11.4. The van der Waals surface area contributed by atoms with E-state index in [1.807, 2.05) is 0 Å². The number of nitrogens with zero attached hydrogens (tertiary/aromatic N) is 1. The van der Waals surface area contributed by atoms with Gasteiger partial charge in [0.15, 0.2) is 5.70 Å². The third-order valence-corrected chi connectivity index (χ3v) is 4.02. The van der Waals surface area contributed by atoms with Gasteiger partial charge >= 0.3 is 5.97 Å². The molecule has 0 spiro atoms. The van der Waals surface area contributed by atoms with Crippen LogP contribution in [0.15, 0.2) is 40.9 Å². The maximum Gasteiger partial charge on any atom is 0.335 e. The zero-order valence-corrected chi connectivity index (χ0v) is 15.2. The first-order valence-electron chi connectivity index (χ1n) is 8.06. The Hall–Kier alpha value is -2.85. The summed E-state index contributed by atoms with van der Waals surface area (Å²) in [7, 11) is 2.92. The minimum Gasteiger partial charge on any atom is -0.496 e. The van der Waals surface area contributed by atoms with Crippen LogP contribution in [-0.4, -0.2) is 33.4 Å². The van der Waals surface area contributed by atoms with Gasteiger partial charge in [-0.15, -0.1) is 0 Å². The van der Waals surface area contributed by atoms with Gasteiger partial charge in [-0.05, 0) is 25.5 Å². The number of carbonyl (C=O) groups is 1. The molecular formula is C19H21FN2O4. The molecule has 0 aromatic heterocycles. The number of dihydropyridines is 1. The van der Waals surface area contributed by atoms with Crippen molar-refractivity contribution in [2.24, 2.45) is 0 Å². The van der Waals surface area contributed by atoms with Gasteiger partial charge in [-0.25, -0.2) is 14.0 Å². The third kappa shape index (κ3) is 3.70. The first-order valence-corrected chi connectivity index (χ1v) is 8.06. The molecule has 1 aliphatic rings. The fourth-order valence-corrected chi connectivity index (χ4v) is 2.97. The molecule has 0 radical (unpaired) electrons. The highest BCUT2D eigenvalue weighted by atomic mass is 19.1. The number of halogens is 1. The van der Waals surface area contributed by atoms with Crippen molar-refractivity contribution in [3.63, 3.8) is 0 Å². The SMILES string of the molecule is [C-]#[N+]C1=C(C)NC(COC)=C(C(=O)OCC)C1c1ccc(F)cc1OC. The fourth-order valence-electron chi connectivity index (χ4n) is 2.97. The number of nitrogens with one attached hydrogen (secondary N) is 1. The molecule has 6 nitrogen and oxygen atoms in total. The number of esters is 1. The van der Waals surface area contributed by atoms with Crippen LogP contribution in [0.3, 0.4) is 0 Å². The quantitative estimate of drug-likeness (QED) is 0.624. The van der Waals surface area contributed by atoms with Gasteiger partial charge in [0.1, 0.15) is 11.6 Å². The highest BCUT2D eigenvalue weighted by Gasteiger charge is 2.37. The number of carbonyl (C=O) groups excluding carboxylic acids is 1. The first-order chi connectivity index (χ1) is 12.5. The summed E-state index contributed by atoms with van der Waals surface area (Å²) in [5.41, 5.74) is 2.19. The second-order valence-corrected chi connectivity index (χ2v) is 5.61. The molecule has 1 aromatic rings. The van der Waals surface area contributed by atoms with E-state index < -0.39 is 17.7 Å². The Morgan fingerprint density at radius 3 is 2.69 bits per heavy atom. The molecule has 1 unspecified atom stereocenters. The first kappa shape index (κ1) is 19.5. The number of hydrogen-bond donors (Lipinski definition) is 1. The number of methoxy groups -OCH3 is 2. The molecule has 1 N–H and O–H groups in total. The van der Waals surface area contributed by atoms with Crippen LogP contribution in [0.2, 0.25) is 0 Å². The number of hydrogen-bond acceptors (Lipinski definition) is 5. The summed E-state index contributed by atoms with van der Waals surface area (Å²) in [6.07, 6.45) is 0. The van der Waals surface area contributed by atoms with Crippen molar-refractivity contribution < 1.29 is 23.4 Å². The van der Waals surface area contributed by atoms with E-state index in [0.717, 1.165) is 0 Å². The lowest BCUT2D eigenvalue weighted by atomic mass is 9.83. The Bertz CT molecular complexity index is 808. The van der Waals surface area contributed by atoms with Crippen molar-refractivity contribution in [2.75, 3.05) is 27.4 Å². The lowest BCUT2D eigenvalue weighted by Gasteiger charge is -2.30. The zero-order valence-electron chi connectivity index (χ0n) is 15.2. The molecule has 1 aromatic carbocycles. The lowest BCUT2D eigenvalue weighted by molar-refractivity contribution is -0.138. The molecule has 1 heterocycles. The van der Waals surface area contributed by atoms with E-state index in [1.54, 1.807) is 13.8 Å². The van der Waals surface area contributed by atoms with Crippen molar-refractivity contribution >= 4 is 5.97 Å². The minimum absolute atomic E-state index is 0.136. The highest BCUT2D eigenvalue weighted by molar-refractivity contribution is 5.93. The zero-order chi connectivity index (χ0) is 19.3.